The summed E-state index contributed by atoms with van der Waals surface area (Å²) in [6.07, 6.45) is 6.95. The lowest BCUT2D eigenvalue weighted by atomic mass is 10.0. The Kier molecular flexibility index (Phi) is 4.31. The van der Waals surface area contributed by atoms with Crippen molar-refractivity contribution in [1.82, 2.24) is 20.4 Å². The zero-order valence-corrected chi connectivity index (χ0v) is 12.0. The smallest absolute Gasteiger partial charge is 0.237 e. The normalized spacial score (nSPS) is 18.4. The molecule has 1 aliphatic rings. The van der Waals surface area contributed by atoms with Crippen LogP contribution in [0.3, 0.4) is 0 Å². The number of aromatic nitrogens is 2. The zero-order chi connectivity index (χ0) is 14.5. The number of nitrogens with one attached hydrogen (secondary N) is 2. The Morgan fingerprint density at radius 3 is 2.95 bits per heavy atom. The number of nitrogens with zero attached hydrogens (tertiary/aromatic N) is 2. The summed E-state index contributed by atoms with van der Waals surface area (Å²) >= 11 is 0. The predicted octanol–water partition coefficient (Wildman–Crippen LogP) is 1.63. The molecule has 2 N–H and O–H groups in total. The van der Waals surface area contributed by atoms with Gasteiger partial charge in [0.2, 0.25) is 5.91 Å². The van der Waals surface area contributed by atoms with Gasteiger partial charge in [0.15, 0.2) is 0 Å². The lowest BCUT2D eigenvalue weighted by Crippen LogP contribution is -2.46. The number of carbonyl (C=O) groups is 1. The molecule has 21 heavy (non-hydrogen) atoms. The molecule has 1 amide bonds. The average Bonchev–Trinajstić information content (AvgIpc) is 3.03. The summed E-state index contributed by atoms with van der Waals surface area (Å²) in [6.45, 7) is 1.45. The Balaban J connectivity index is 1.56. The highest BCUT2D eigenvalue weighted by Crippen LogP contribution is 2.09. The number of hydrogen-bond donors (Lipinski definition) is 2. The molecule has 1 atom stereocenters. The molecular weight excluding hydrogens is 264 g/mol. The molecule has 0 saturated carbocycles. The van der Waals surface area contributed by atoms with Gasteiger partial charge in [-0.3, -0.25) is 4.79 Å². The van der Waals surface area contributed by atoms with Gasteiger partial charge < -0.3 is 10.6 Å². The number of carbonyl (C=O) groups excluding carboxylic acids is 1. The molecule has 0 unspecified atom stereocenters. The van der Waals surface area contributed by atoms with E-state index in [1.807, 2.05) is 41.2 Å². The van der Waals surface area contributed by atoms with Crippen LogP contribution >= 0.6 is 0 Å². The van der Waals surface area contributed by atoms with Gasteiger partial charge in [-0.1, -0.05) is 24.6 Å². The van der Waals surface area contributed by atoms with Crippen LogP contribution in [0, 0.1) is 0 Å². The molecule has 2 heterocycles. The summed E-state index contributed by atoms with van der Waals surface area (Å²) in [4.78, 5) is 12.0. The van der Waals surface area contributed by atoms with E-state index in [4.69, 9.17) is 0 Å². The van der Waals surface area contributed by atoms with Crippen LogP contribution in [0.15, 0.2) is 42.7 Å². The van der Waals surface area contributed by atoms with Gasteiger partial charge >= 0.3 is 0 Å². The molecule has 110 valence electrons. The third kappa shape index (κ3) is 3.49. The average molecular weight is 284 g/mol. The third-order valence-electron chi connectivity index (χ3n) is 3.75. The minimum absolute atomic E-state index is 0.0390. The molecule has 1 aliphatic heterocycles. The first-order valence-electron chi connectivity index (χ1n) is 7.43. The van der Waals surface area contributed by atoms with Crippen molar-refractivity contribution in [1.29, 1.82) is 0 Å². The van der Waals surface area contributed by atoms with E-state index in [0.717, 1.165) is 37.1 Å². The molecule has 5 nitrogen and oxygen atoms in total. The van der Waals surface area contributed by atoms with Gasteiger partial charge in [-0.25, -0.2) is 4.68 Å². The molecule has 1 fully saturated rings. The Morgan fingerprint density at radius 2 is 2.19 bits per heavy atom. The second-order valence-corrected chi connectivity index (χ2v) is 5.35. The van der Waals surface area contributed by atoms with Crippen molar-refractivity contribution in [2.45, 2.75) is 31.8 Å². The van der Waals surface area contributed by atoms with Crippen LogP contribution in [-0.2, 0) is 11.3 Å². The zero-order valence-electron chi connectivity index (χ0n) is 12.0. The highest BCUT2D eigenvalue weighted by Gasteiger charge is 2.19. The van der Waals surface area contributed by atoms with Gasteiger partial charge in [0.1, 0.15) is 0 Å². The molecular formula is C16H20N4O. The van der Waals surface area contributed by atoms with E-state index in [2.05, 4.69) is 15.7 Å². The molecule has 2 aromatic rings. The first-order chi connectivity index (χ1) is 10.3. The van der Waals surface area contributed by atoms with Crippen LogP contribution in [0.2, 0.25) is 0 Å². The van der Waals surface area contributed by atoms with Crippen LogP contribution in [0.25, 0.3) is 5.69 Å². The van der Waals surface area contributed by atoms with Gasteiger partial charge in [0.05, 0.1) is 17.9 Å². The summed E-state index contributed by atoms with van der Waals surface area (Å²) < 4.78 is 1.82. The number of piperidine rings is 1. The Hall–Kier alpha value is -2.14. The molecule has 0 radical (unpaired) electrons. The van der Waals surface area contributed by atoms with Crippen molar-refractivity contribution in [2.24, 2.45) is 0 Å². The fraction of sp³-hybridized carbons (Fsp3) is 0.375. The van der Waals surface area contributed by atoms with E-state index in [-0.39, 0.29) is 11.9 Å². The van der Waals surface area contributed by atoms with Crippen LogP contribution in [-0.4, -0.2) is 28.3 Å². The first-order valence-corrected chi connectivity index (χ1v) is 7.43. The van der Waals surface area contributed by atoms with E-state index < -0.39 is 0 Å². The third-order valence-corrected chi connectivity index (χ3v) is 3.75. The van der Waals surface area contributed by atoms with Crippen LogP contribution in [0.5, 0.6) is 0 Å². The molecule has 0 bridgehead atoms. The summed E-state index contributed by atoms with van der Waals surface area (Å²) in [5.41, 5.74) is 2.02. The predicted molar refractivity (Wildman–Crippen MR) is 81.1 cm³/mol. The minimum atomic E-state index is -0.0390. The van der Waals surface area contributed by atoms with E-state index in [9.17, 15) is 4.79 Å². The molecule has 5 heteroatoms. The van der Waals surface area contributed by atoms with Crippen LogP contribution in [0.4, 0.5) is 0 Å². The van der Waals surface area contributed by atoms with Gasteiger partial charge in [0, 0.05) is 18.3 Å². The molecule has 1 saturated heterocycles. The van der Waals surface area contributed by atoms with Gasteiger partial charge in [-0.05, 0) is 31.5 Å². The van der Waals surface area contributed by atoms with E-state index in [1.54, 1.807) is 6.20 Å². The van der Waals surface area contributed by atoms with E-state index in [0.29, 0.717) is 6.54 Å². The van der Waals surface area contributed by atoms with Crippen LogP contribution < -0.4 is 10.6 Å². The van der Waals surface area contributed by atoms with Crippen molar-refractivity contribution < 1.29 is 4.79 Å². The molecule has 0 spiro atoms. The quantitative estimate of drug-likeness (QED) is 0.897. The maximum atomic E-state index is 12.0. The van der Waals surface area contributed by atoms with Crippen LogP contribution in [0.1, 0.15) is 24.8 Å². The minimum Gasteiger partial charge on any atom is -0.351 e. The lowest BCUT2D eigenvalue weighted by molar-refractivity contribution is -0.123. The standard InChI is InChI=1S/C16H20N4O/c21-16(15-8-4-5-9-17-15)18-10-13-11-19-20(12-13)14-6-2-1-3-7-14/h1-3,6-7,11-12,15,17H,4-5,8-10H2,(H,18,21)/t15-/m0/s1. The Bertz CT molecular complexity index is 587. The molecule has 1 aromatic carbocycles. The summed E-state index contributed by atoms with van der Waals surface area (Å²) in [6, 6.07) is 9.90. The highest BCUT2D eigenvalue weighted by atomic mass is 16.2. The highest BCUT2D eigenvalue weighted by molar-refractivity contribution is 5.81. The molecule has 0 aliphatic carbocycles. The van der Waals surface area contributed by atoms with Crippen molar-refractivity contribution >= 4 is 5.91 Å². The van der Waals surface area contributed by atoms with Gasteiger partial charge in [-0.15, -0.1) is 0 Å². The van der Waals surface area contributed by atoms with E-state index in [1.165, 1.54) is 0 Å². The number of amides is 1. The van der Waals surface area contributed by atoms with E-state index >= 15 is 0 Å². The second kappa shape index (κ2) is 6.54. The van der Waals surface area contributed by atoms with Crippen molar-refractivity contribution in [3.8, 4) is 5.69 Å². The lowest BCUT2D eigenvalue weighted by Gasteiger charge is -2.22. The Morgan fingerprint density at radius 1 is 1.33 bits per heavy atom. The summed E-state index contributed by atoms with van der Waals surface area (Å²) in [7, 11) is 0. The number of hydrogen-bond acceptors (Lipinski definition) is 3. The fourth-order valence-electron chi connectivity index (χ4n) is 2.56. The van der Waals surface area contributed by atoms with Crippen molar-refractivity contribution in [3.63, 3.8) is 0 Å². The van der Waals surface area contributed by atoms with Crippen molar-refractivity contribution in [2.75, 3.05) is 6.54 Å². The van der Waals surface area contributed by atoms with Gasteiger partial charge in [-0.2, -0.15) is 5.10 Å². The summed E-state index contributed by atoms with van der Waals surface area (Å²) in [5.74, 6) is 0.0853. The van der Waals surface area contributed by atoms with Gasteiger partial charge in [0.25, 0.3) is 0 Å². The molecule has 1 aromatic heterocycles. The number of benzene rings is 1. The number of para-hydroxylation sites is 1. The summed E-state index contributed by atoms with van der Waals surface area (Å²) in [5, 5.41) is 10.6. The fourth-order valence-corrected chi connectivity index (χ4v) is 2.56. The maximum absolute atomic E-state index is 12.0. The SMILES string of the molecule is O=C(NCc1cnn(-c2ccccc2)c1)[C@@H]1CCCCN1. The first kappa shape index (κ1) is 13.8. The topological polar surface area (TPSA) is 59.0 Å². The van der Waals surface area contributed by atoms with Crippen molar-refractivity contribution in [3.05, 3.63) is 48.3 Å². The number of rotatable bonds is 4. The molecule has 3 rings (SSSR count). The maximum Gasteiger partial charge on any atom is 0.237 e. The Labute approximate surface area is 124 Å². The second-order valence-electron chi connectivity index (χ2n) is 5.35. The largest absolute Gasteiger partial charge is 0.351 e. The monoisotopic (exact) mass is 284 g/mol.